The maximum absolute atomic E-state index is 11.1. The highest BCUT2D eigenvalue weighted by atomic mass is 16.5. The molecule has 0 atom stereocenters. The number of rotatable bonds is 14. The molecule has 7 heteroatoms. The van der Waals surface area contributed by atoms with Crippen LogP contribution in [0, 0.1) is 0 Å². The monoisotopic (exact) mass is 278 g/mol. The molecular weight excluding hydrogens is 252 g/mol. The molecule has 1 amide bonds. The first-order valence-electron chi connectivity index (χ1n) is 6.62. The third-order valence-corrected chi connectivity index (χ3v) is 2.14. The van der Waals surface area contributed by atoms with Crippen LogP contribution < -0.4 is 11.1 Å². The Kier molecular flexibility index (Phi) is 14.7. The first-order chi connectivity index (χ1) is 9.31. The van der Waals surface area contributed by atoms with E-state index in [-0.39, 0.29) is 12.5 Å². The molecule has 0 spiro atoms. The van der Waals surface area contributed by atoms with E-state index in [1.54, 1.807) is 0 Å². The maximum atomic E-state index is 11.1. The van der Waals surface area contributed by atoms with Gasteiger partial charge in [-0.25, -0.2) is 0 Å². The molecular formula is C12H26N2O5. The highest BCUT2D eigenvalue weighted by Crippen LogP contribution is 1.86. The van der Waals surface area contributed by atoms with Crippen molar-refractivity contribution in [2.45, 2.75) is 12.8 Å². The van der Waals surface area contributed by atoms with Crippen LogP contribution in [-0.2, 0) is 19.0 Å². The van der Waals surface area contributed by atoms with E-state index in [2.05, 4.69) is 5.32 Å². The maximum Gasteiger partial charge on any atom is 0.220 e. The van der Waals surface area contributed by atoms with Crippen molar-refractivity contribution >= 4 is 5.91 Å². The molecule has 0 saturated heterocycles. The largest absolute Gasteiger partial charge is 0.396 e. The second-order valence-electron chi connectivity index (χ2n) is 3.80. The molecule has 0 aromatic rings. The Morgan fingerprint density at radius 3 is 2.16 bits per heavy atom. The number of carbonyl (C=O) groups excluding carboxylic acids is 1. The minimum Gasteiger partial charge on any atom is -0.396 e. The number of amides is 1. The van der Waals surface area contributed by atoms with Gasteiger partial charge in [-0.1, -0.05) is 0 Å². The average molecular weight is 278 g/mol. The van der Waals surface area contributed by atoms with Crippen LogP contribution in [0.3, 0.4) is 0 Å². The second kappa shape index (κ2) is 15.3. The third-order valence-electron chi connectivity index (χ3n) is 2.14. The lowest BCUT2D eigenvalue weighted by Crippen LogP contribution is -2.27. The first-order valence-corrected chi connectivity index (χ1v) is 6.62. The van der Waals surface area contributed by atoms with Crippen LogP contribution in [0.5, 0.6) is 0 Å². The van der Waals surface area contributed by atoms with Gasteiger partial charge in [0.05, 0.1) is 39.6 Å². The van der Waals surface area contributed by atoms with Crippen molar-refractivity contribution < 1.29 is 24.1 Å². The summed E-state index contributed by atoms with van der Waals surface area (Å²) in [6, 6.07) is 0. The molecule has 0 saturated carbocycles. The summed E-state index contributed by atoms with van der Waals surface area (Å²) >= 11 is 0. The molecule has 0 aromatic heterocycles. The first kappa shape index (κ1) is 18.3. The topological polar surface area (TPSA) is 103 Å². The van der Waals surface area contributed by atoms with Crippen LogP contribution >= 0.6 is 0 Å². The highest BCUT2D eigenvalue weighted by Gasteiger charge is 1.99. The van der Waals surface area contributed by atoms with Crippen LogP contribution in [0.2, 0.25) is 0 Å². The van der Waals surface area contributed by atoms with E-state index in [0.29, 0.717) is 65.6 Å². The SMILES string of the molecule is NCCOCCOCCOCCNC(=O)CCCO. The van der Waals surface area contributed by atoms with Gasteiger partial charge in [0.1, 0.15) is 0 Å². The Labute approximate surface area is 114 Å². The number of aliphatic hydroxyl groups excluding tert-OH is 1. The van der Waals surface area contributed by atoms with Crippen LogP contribution in [0.25, 0.3) is 0 Å². The van der Waals surface area contributed by atoms with Crippen molar-refractivity contribution in [1.29, 1.82) is 0 Å². The zero-order chi connectivity index (χ0) is 14.2. The normalized spacial score (nSPS) is 10.6. The van der Waals surface area contributed by atoms with Crippen molar-refractivity contribution in [2.24, 2.45) is 5.73 Å². The lowest BCUT2D eigenvalue weighted by Gasteiger charge is -2.07. The lowest BCUT2D eigenvalue weighted by atomic mass is 10.3. The van der Waals surface area contributed by atoms with Crippen LogP contribution in [0.15, 0.2) is 0 Å². The van der Waals surface area contributed by atoms with Crippen molar-refractivity contribution in [3.63, 3.8) is 0 Å². The Balaban J connectivity index is 3.04. The molecule has 4 N–H and O–H groups in total. The van der Waals surface area contributed by atoms with Gasteiger partial charge in [0, 0.05) is 26.1 Å². The average Bonchev–Trinajstić information content (AvgIpc) is 2.42. The fraction of sp³-hybridized carbons (Fsp3) is 0.917. The van der Waals surface area contributed by atoms with Gasteiger partial charge in [-0.05, 0) is 6.42 Å². The highest BCUT2D eigenvalue weighted by molar-refractivity contribution is 5.75. The van der Waals surface area contributed by atoms with Gasteiger partial charge < -0.3 is 30.4 Å². The summed E-state index contributed by atoms with van der Waals surface area (Å²) in [6.45, 7) is 4.11. The Morgan fingerprint density at radius 1 is 1.00 bits per heavy atom. The molecule has 0 aliphatic rings. The molecule has 114 valence electrons. The molecule has 19 heavy (non-hydrogen) atoms. The molecule has 0 heterocycles. The molecule has 7 nitrogen and oxygen atoms in total. The van der Waals surface area contributed by atoms with Crippen molar-refractivity contribution in [3.05, 3.63) is 0 Å². The summed E-state index contributed by atoms with van der Waals surface area (Å²) < 4.78 is 15.7. The zero-order valence-electron chi connectivity index (χ0n) is 11.4. The van der Waals surface area contributed by atoms with E-state index in [1.165, 1.54) is 0 Å². The van der Waals surface area contributed by atoms with Gasteiger partial charge in [0.15, 0.2) is 0 Å². The molecule has 0 aromatic carbocycles. The van der Waals surface area contributed by atoms with Crippen molar-refractivity contribution in [2.75, 3.05) is 59.3 Å². The molecule has 0 aliphatic carbocycles. The van der Waals surface area contributed by atoms with Crippen LogP contribution in [-0.4, -0.2) is 70.4 Å². The van der Waals surface area contributed by atoms with Gasteiger partial charge in [0.25, 0.3) is 0 Å². The number of nitrogens with one attached hydrogen (secondary N) is 1. The Morgan fingerprint density at radius 2 is 1.58 bits per heavy atom. The molecule has 0 aliphatic heterocycles. The van der Waals surface area contributed by atoms with E-state index in [4.69, 9.17) is 25.1 Å². The lowest BCUT2D eigenvalue weighted by molar-refractivity contribution is -0.121. The predicted molar refractivity (Wildman–Crippen MR) is 70.8 cm³/mol. The quantitative estimate of drug-likeness (QED) is 0.348. The smallest absolute Gasteiger partial charge is 0.220 e. The molecule has 0 radical (unpaired) electrons. The predicted octanol–water partition coefficient (Wildman–Crippen LogP) is -1.12. The molecule has 0 rings (SSSR count). The number of aliphatic hydroxyl groups is 1. The van der Waals surface area contributed by atoms with Crippen LogP contribution in [0.1, 0.15) is 12.8 Å². The number of hydrogen-bond acceptors (Lipinski definition) is 6. The summed E-state index contributed by atoms with van der Waals surface area (Å²) in [5, 5.41) is 11.2. The van der Waals surface area contributed by atoms with E-state index in [1.807, 2.05) is 0 Å². The minimum absolute atomic E-state index is 0.0379. The van der Waals surface area contributed by atoms with Crippen molar-refractivity contribution in [3.8, 4) is 0 Å². The van der Waals surface area contributed by atoms with E-state index in [9.17, 15) is 4.79 Å². The van der Waals surface area contributed by atoms with Crippen LogP contribution in [0.4, 0.5) is 0 Å². The number of carbonyl (C=O) groups is 1. The van der Waals surface area contributed by atoms with E-state index >= 15 is 0 Å². The van der Waals surface area contributed by atoms with Gasteiger partial charge in [-0.3, -0.25) is 4.79 Å². The summed E-state index contributed by atoms with van der Waals surface area (Å²) in [6.07, 6.45) is 0.842. The standard InChI is InChI=1S/C12H26N2O5/c13-3-6-17-8-10-19-11-9-18-7-4-14-12(16)2-1-5-15/h15H,1-11,13H2,(H,14,16). The van der Waals surface area contributed by atoms with Gasteiger partial charge >= 0.3 is 0 Å². The minimum atomic E-state index is -0.0639. The van der Waals surface area contributed by atoms with Gasteiger partial charge in [-0.2, -0.15) is 0 Å². The van der Waals surface area contributed by atoms with Crippen molar-refractivity contribution in [1.82, 2.24) is 5.32 Å². The number of ether oxygens (including phenoxy) is 3. The van der Waals surface area contributed by atoms with Gasteiger partial charge in [0.2, 0.25) is 5.91 Å². The summed E-state index contributed by atoms with van der Waals surface area (Å²) in [7, 11) is 0. The second-order valence-corrected chi connectivity index (χ2v) is 3.80. The van der Waals surface area contributed by atoms with E-state index < -0.39 is 0 Å². The fourth-order valence-corrected chi connectivity index (χ4v) is 1.22. The summed E-state index contributed by atoms with van der Waals surface area (Å²) in [5.41, 5.74) is 5.26. The number of hydrogen-bond donors (Lipinski definition) is 3. The summed E-state index contributed by atoms with van der Waals surface area (Å²) in [4.78, 5) is 11.1. The van der Waals surface area contributed by atoms with Gasteiger partial charge in [-0.15, -0.1) is 0 Å². The molecule has 0 fully saturated rings. The Bertz CT molecular complexity index is 205. The molecule has 0 bridgehead atoms. The Hall–Kier alpha value is -0.730. The summed E-state index contributed by atoms with van der Waals surface area (Å²) in [5.74, 6) is -0.0639. The zero-order valence-corrected chi connectivity index (χ0v) is 11.4. The molecule has 0 unspecified atom stereocenters. The van der Waals surface area contributed by atoms with E-state index in [0.717, 1.165) is 0 Å². The fourth-order valence-electron chi connectivity index (χ4n) is 1.22. The number of nitrogens with two attached hydrogens (primary N) is 1. The third kappa shape index (κ3) is 15.2.